The molecule has 3 nitrogen and oxygen atoms in total. The van der Waals surface area contributed by atoms with E-state index in [1.54, 1.807) is 18.6 Å². The fourth-order valence-corrected chi connectivity index (χ4v) is 1.90. The SMILES string of the molecule is O=c1[nH]ccc2ccc(-c3cccnc3)cc12. The van der Waals surface area contributed by atoms with Crippen molar-refractivity contribution in [3.05, 3.63) is 65.3 Å². The van der Waals surface area contributed by atoms with Crippen LogP contribution < -0.4 is 5.56 Å². The third kappa shape index (κ3) is 1.72. The molecule has 0 aliphatic rings. The zero-order valence-corrected chi connectivity index (χ0v) is 9.05. The number of nitrogens with one attached hydrogen (secondary N) is 1. The number of H-pyrrole nitrogens is 1. The van der Waals surface area contributed by atoms with Gasteiger partial charge in [-0.25, -0.2) is 0 Å². The molecule has 1 aromatic carbocycles. The Labute approximate surface area is 97.8 Å². The predicted molar refractivity (Wildman–Crippen MR) is 67.8 cm³/mol. The highest BCUT2D eigenvalue weighted by Crippen LogP contribution is 2.21. The summed E-state index contributed by atoms with van der Waals surface area (Å²) >= 11 is 0. The Morgan fingerprint density at radius 3 is 2.82 bits per heavy atom. The molecule has 2 heterocycles. The Bertz CT molecular complexity index is 717. The number of aromatic nitrogens is 2. The molecule has 0 saturated carbocycles. The Balaban J connectivity index is 2.27. The monoisotopic (exact) mass is 222 g/mol. The fourth-order valence-electron chi connectivity index (χ4n) is 1.90. The van der Waals surface area contributed by atoms with Crippen LogP contribution in [0.1, 0.15) is 0 Å². The van der Waals surface area contributed by atoms with E-state index in [-0.39, 0.29) is 5.56 Å². The molecule has 82 valence electrons. The van der Waals surface area contributed by atoms with E-state index in [1.807, 2.05) is 36.4 Å². The van der Waals surface area contributed by atoms with Crippen molar-refractivity contribution in [2.75, 3.05) is 0 Å². The van der Waals surface area contributed by atoms with Gasteiger partial charge in [-0.1, -0.05) is 18.2 Å². The molecule has 0 spiro atoms. The Hall–Kier alpha value is -2.42. The summed E-state index contributed by atoms with van der Waals surface area (Å²) in [6.07, 6.45) is 5.18. The number of aromatic amines is 1. The lowest BCUT2D eigenvalue weighted by Crippen LogP contribution is -2.04. The summed E-state index contributed by atoms with van der Waals surface area (Å²) in [6, 6.07) is 11.6. The summed E-state index contributed by atoms with van der Waals surface area (Å²) in [6.45, 7) is 0. The van der Waals surface area contributed by atoms with Gasteiger partial charge in [-0.3, -0.25) is 9.78 Å². The van der Waals surface area contributed by atoms with Crippen molar-refractivity contribution in [2.45, 2.75) is 0 Å². The van der Waals surface area contributed by atoms with Gasteiger partial charge < -0.3 is 4.98 Å². The second kappa shape index (κ2) is 3.87. The Kier molecular flexibility index (Phi) is 2.22. The van der Waals surface area contributed by atoms with Gasteiger partial charge in [-0.15, -0.1) is 0 Å². The van der Waals surface area contributed by atoms with Gasteiger partial charge in [0.15, 0.2) is 0 Å². The van der Waals surface area contributed by atoms with Crippen LogP contribution in [0.5, 0.6) is 0 Å². The summed E-state index contributed by atoms with van der Waals surface area (Å²) in [5.74, 6) is 0. The number of nitrogens with zero attached hydrogens (tertiary/aromatic N) is 1. The maximum absolute atomic E-state index is 11.7. The first-order valence-corrected chi connectivity index (χ1v) is 5.36. The summed E-state index contributed by atoms with van der Waals surface area (Å²) in [4.78, 5) is 18.5. The van der Waals surface area contributed by atoms with Crippen LogP contribution in [0.2, 0.25) is 0 Å². The van der Waals surface area contributed by atoms with Crippen molar-refractivity contribution < 1.29 is 0 Å². The minimum atomic E-state index is -0.0618. The molecular weight excluding hydrogens is 212 g/mol. The molecule has 0 bridgehead atoms. The van der Waals surface area contributed by atoms with Crippen molar-refractivity contribution >= 4 is 10.8 Å². The average Bonchev–Trinajstić information content (AvgIpc) is 2.40. The third-order valence-electron chi connectivity index (χ3n) is 2.77. The van der Waals surface area contributed by atoms with E-state index >= 15 is 0 Å². The summed E-state index contributed by atoms with van der Waals surface area (Å²) < 4.78 is 0. The normalized spacial score (nSPS) is 10.6. The minimum absolute atomic E-state index is 0.0618. The highest BCUT2D eigenvalue weighted by molar-refractivity contribution is 5.86. The van der Waals surface area contributed by atoms with Crippen LogP contribution in [0.4, 0.5) is 0 Å². The van der Waals surface area contributed by atoms with Crippen molar-refractivity contribution in [1.82, 2.24) is 9.97 Å². The van der Waals surface area contributed by atoms with E-state index in [9.17, 15) is 4.79 Å². The molecular formula is C14H10N2O. The second-order valence-corrected chi connectivity index (χ2v) is 3.85. The van der Waals surface area contributed by atoms with E-state index < -0.39 is 0 Å². The van der Waals surface area contributed by atoms with E-state index in [1.165, 1.54) is 0 Å². The van der Waals surface area contributed by atoms with Gasteiger partial charge in [-0.05, 0) is 29.1 Å². The Morgan fingerprint density at radius 1 is 1.06 bits per heavy atom. The molecule has 1 N–H and O–H groups in total. The van der Waals surface area contributed by atoms with Crippen LogP contribution >= 0.6 is 0 Å². The van der Waals surface area contributed by atoms with Crippen molar-refractivity contribution in [1.29, 1.82) is 0 Å². The molecule has 0 saturated heterocycles. The molecule has 3 aromatic rings. The van der Waals surface area contributed by atoms with Crippen molar-refractivity contribution in [2.24, 2.45) is 0 Å². The van der Waals surface area contributed by atoms with Gasteiger partial charge in [-0.2, -0.15) is 0 Å². The van der Waals surface area contributed by atoms with Gasteiger partial charge in [0.1, 0.15) is 0 Å². The van der Waals surface area contributed by atoms with E-state index in [4.69, 9.17) is 0 Å². The topological polar surface area (TPSA) is 45.8 Å². The lowest BCUT2D eigenvalue weighted by Gasteiger charge is -2.02. The lowest BCUT2D eigenvalue weighted by atomic mass is 10.0. The average molecular weight is 222 g/mol. The van der Waals surface area contributed by atoms with Crippen LogP contribution in [0.15, 0.2) is 59.8 Å². The van der Waals surface area contributed by atoms with Crippen LogP contribution in [0.25, 0.3) is 21.9 Å². The predicted octanol–water partition coefficient (Wildman–Crippen LogP) is 2.59. The molecule has 0 unspecified atom stereocenters. The van der Waals surface area contributed by atoms with Crippen molar-refractivity contribution in [3.63, 3.8) is 0 Å². The molecule has 3 rings (SSSR count). The molecule has 0 aliphatic heterocycles. The van der Waals surface area contributed by atoms with Crippen LogP contribution in [0.3, 0.4) is 0 Å². The maximum atomic E-state index is 11.7. The molecule has 2 aromatic heterocycles. The summed E-state index contributed by atoms with van der Waals surface area (Å²) in [7, 11) is 0. The zero-order chi connectivity index (χ0) is 11.7. The number of fused-ring (bicyclic) bond motifs is 1. The largest absolute Gasteiger partial charge is 0.329 e. The van der Waals surface area contributed by atoms with Crippen LogP contribution in [0, 0.1) is 0 Å². The standard InChI is InChI=1S/C14H10N2O/c17-14-13-8-11(12-2-1-6-15-9-12)4-3-10(13)5-7-16-14/h1-9H,(H,16,17). The molecule has 0 amide bonds. The van der Waals surface area contributed by atoms with Gasteiger partial charge >= 0.3 is 0 Å². The van der Waals surface area contributed by atoms with Crippen molar-refractivity contribution in [3.8, 4) is 11.1 Å². The summed E-state index contributed by atoms with van der Waals surface area (Å²) in [5.41, 5.74) is 1.95. The first-order valence-electron chi connectivity index (χ1n) is 5.36. The third-order valence-corrected chi connectivity index (χ3v) is 2.77. The highest BCUT2D eigenvalue weighted by atomic mass is 16.1. The number of rotatable bonds is 1. The van der Waals surface area contributed by atoms with Gasteiger partial charge in [0, 0.05) is 29.5 Å². The zero-order valence-electron chi connectivity index (χ0n) is 9.05. The van der Waals surface area contributed by atoms with E-state index in [0.717, 1.165) is 16.5 Å². The van der Waals surface area contributed by atoms with Crippen LogP contribution in [-0.2, 0) is 0 Å². The van der Waals surface area contributed by atoms with Gasteiger partial charge in [0.05, 0.1) is 0 Å². The minimum Gasteiger partial charge on any atom is -0.329 e. The number of benzene rings is 1. The van der Waals surface area contributed by atoms with E-state index in [2.05, 4.69) is 9.97 Å². The maximum Gasteiger partial charge on any atom is 0.255 e. The smallest absolute Gasteiger partial charge is 0.255 e. The quantitative estimate of drug-likeness (QED) is 0.687. The molecule has 3 heteroatoms. The second-order valence-electron chi connectivity index (χ2n) is 3.85. The molecule has 17 heavy (non-hydrogen) atoms. The lowest BCUT2D eigenvalue weighted by molar-refractivity contribution is 1.28. The first kappa shape index (κ1) is 9.78. The number of hydrogen-bond acceptors (Lipinski definition) is 2. The Morgan fingerprint density at radius 2 is 2.00 bits per heavy atom. The highest BCUT2D eigenvalue weighted by Gasteiger charge is 2.01. The van der Waals surface area contributed by atoms with Gasteiger partial charge in [0.25, 0.3) is 5.56 Å². The summed E-state index contributed by atoms with van der Waals surface area (Å²) in [5, 5.41) is 1.65. The molecule has 0 aliphatic carbocycles. The number of hydrogen-bond donors (Lipinski definition) is 1. The molecule has 0 fully saturated rings. The van der Waals surface area contributed by atoms with E-state index in [0.29, 0.717) is 5.39 Å². The molecule has 0 atom stereocenters. The fraction of sp³-hybridized carbons (Fsp3) is 0. The first-order chi connectivity index (χ1) is 8.34. The number of pyridine rings is 2. The molecule has 0 radical (unpaired) electrons. The van der Waals surface area contributed by atoms with Crippen LogP contribution in [-0.4, -0.2) is 9.97 Å². The van der Waals surface area contributed by atoms with Gasteiger partial charge in [0.2, 0.25) is 0 Å².